The van der Waals surface area contributed by atoms with Crippen LogP contribution in [0.25, 0.3) is 32.9 Å². The number of furan rings is 1. The Labute approximate surface area is 143 Å². The number of hydrogen-bond donors (Lipinski definition) is 1. The molecule has 2 heterocycles. The second-order valence-corrected chi connectivity index (χ2v) is 5.80. The Bertz CT molecular complexity index is 1250. The summed E-state index contributed by atoms with van der Waals surface area (Å²) in [5.41, 5.74) is -0.992. The van der Waals surface area contributed by atoms with Crippen molar-refractivity contribution in [2.75, 3.05) is 5.32 Å². The number of rotatable bonds is 1. The van der Waals surface area contributed by atoms with Gasteiger partial charge in [0.1, 0.15) is 16.6 Å². The summed E-state index contributed by atoms with van der Waals surface area (Å²) in [6.07, 6.45) is -4.55. The van der Waals surface area contributed by atoms with Crippen molar-refractivity contribution in [2.45, 2.75) is 13.1 Å². The predicted molar refractivity (Wildman–Crippen MR) is 89.1 cm³/mol. The van der Waals surface area contributed by atoms with Gasteiger partial charge in [-0.1, -0.05) is 0 Å². The van der Waals surface area contributed by atoms with E-state index in [4.69, 9.17) is 8.83 Å². The fourth-order valence-electron chi connectivity index (χ4n) is 2.89. The lowest BCUT2D eigenvalue weighted by molar-refractivity contribution is -0.137. The molecule has 4 rings (SSSR count). The molecule has 8 heteroatoms. The molecule has 1 N–H and O–H groups in total. The molecule has 2 aromatic heterocycles. The van der Waals surface area contributed by atoms with Crippen LogP contribution in [0.15, 0.2) is 50.0 Å². The highest BCUT2D eigenvalue weighted by molar-refractivity contribution is 6.13. The fraction of sp³-hybridized carbons (Fsp3) is 0.111. The Hall–Kier alpha value is -3.29. The first-order valence-electron chi connectivity index (χ1n) is 7.52. The maximum Gasteiger partial charge on any atom is 0.416 e. The van der Waals surface area contributed by atoms with Gasteiger partial charge in [-0.2, -0.15) is 13.2 Å². The van der Waals surface area contributed by atoms with Crippen LogP contribution in [0.3, 0.4) is 0 Å². The second kappa shape index (κ2) is 5.35. The van der Waals surface area contributed by atoms with Crippen LogP contribution in [0, 0.1) is 0 Å². The van der Waals surface area contributed by atoms with Gasteiger partial charge >= 0.3 is 11.8 Å². The Balaban J connectivity index is 2.05. The molecule has 0 aliphatic heterocycles. The summed E-state index contributed by atoms with van der Waals surface area (Å²) in [6, 6.07) is 7.59. The topological polar surface area (TPSA) is 72.5 Å². The summed E-state index contributed by atoms with van der Waals surface area (Å²) in [5.74, 6) is -0.283. The van der Waals surface area contributed by atoms with Crippen molar-refractivity contribution in [1.29, 1.82) is 0 Å². The minimum absolute atomic E-state index is 0.111. The third-order valence-electron chi connectivity index (χ3n) is 3.97. The molecule has 0 aliphatic rings. The summed E-state index contributed by atoms with van der Waals surface area (Å²) in [4.78, 5) is 23.6. The van der Waals surface area contributed by atoms with E-state index in [9.17, 15) is 22.8 Å². The van der Waals surface area contributed by atoms with E-state index < -0.39 is 17.4 Å². The molecule has 132 valence electrons. The van der Waals surface area contributed by atoms with Crippen molar-refractivity contribution in [1.82, 2.24) is 0 Å². The Kier molecular flexibility index (Phi) is 3.33. The molecule has 0 bridgehead atoms. The van der Waals surface area contributed by atoms with E-state index in [0.717, 1.165) is 12.1 Å². The smallest absolute Gasteiger partial charge is 0.416 e. The van der Waals surface area contributed by atoms with E-state index in [-0.39, 0.29) is 27.8 Å². The minimum Gasteiger partial charge on any atom is -0.455 e. The van der Waals surface area contributed by atoms with Gasteiger partial charge in [-0.15, -0.1) is 0 Å². The minimum atomic E-state index is -4.55. The van der Waals surface area contributed by atoms with E-state index in [1.165, 1.54) is 13.0 Å². The lowest BCUT2D eigenvalue weighted by Gasteiger charge is -2.06. The monoisotopic (exact) mass is 361 g/mol. The maximum absolute atomic E-state index is 12.9. The number of alkyl halides is 3. The zero-order valence-electron chi connectivity index (χ0n) is 13.2. The predicted octanol–water partition coefficient (Wildman–Crippen LogP) is 4.67. The SMILES string of the molecule is CC(=O)Nc1ccc2oc3c4ccc(C(F)(F)F)cc4oc(=O)c3c2c1. The summed E-state index contributed by atoms with van der Waals surface area (Å²) in [6.45, 7) is 1.35. The number of benzene rings is 2. The molecular formula is C18H10F3NO4. The number of carbonyl (C=O) groups excluding carboxylic acids is 1. The molecule has 4 aromatic rings. The molecule has 0 saturated carbocycles. The summed E-state index contributed by atoms with van der Waals surface area (Å²) < 4.78 is 49.4. The molecule has 0 saturated heterocycles. The molecule has 26 heavy (non-hydrogen) atoms. The number of anilines is 1. The van der Waals surface area contributed by atoms with Gasteiger partial charge in [-0.3, -0.25) is 4.79 Å². The molecule has 0 fully saturated rings. The van der Waals surface area contributed by atoms with Gasteiger partial charge in [-0.25, -0.2) is 4.79 Å². The van der Waals surface area contributed by atoms with E-state index in [1.807, 2.05) is 0 Å². The first-order valence-corrected chi connectivity index (χ1v) is 7.52. The highest BCUT2D eigenvalue weighted by Crippen LogP contribution is 2.36. The standard InChI is InChI=1S/C18H10F3NO4/c1-8(23)22-10-3-5-13-12(7-10)15-16(25-13)11-4-2-9(18(19,20)21)6-14(11)26-17(15)24/h2-7H,1H3,(H,22,23). The third kappa shape index (κ3) is 2.50. The summed E-state index contributed by atoms with van der Waals surface area (Å²) in [7, 11) is 0. The Morgan fingerprint density at radius 3 is 2.46 bits per heavy atom. The van der Waals surface area contributed by atoms with Crippen molar-refractivity contribution in [3.8, 4) is 0 Å². The van der Waals surface area contributed by atoms with Crippen LogP contribution in [-0.4, -0.2) is 5.91 Å². The van der Waals surface area contributed by atoms with Gasteiger partial charge in [0.2, 0.25) is 5.91 Å². The highest BCUT2D eigenvalue weighted by atomic mass is 19.4. The van der Waals surface area contributed by atoms with Gasteiger partial charge in [0.25, 0.3) is 0 Å². The largest absolute Gasteiger partial charge is 0.455 e. The van der Waals surface area contributed by atoms with Gasteiger partial charge in [0.05, 0.1) is 10.9 Å². The van der Waals surface area contributed by atoms with Crippen LogP contribution >= 0.6 is 0 Å². The molecular weight excluding hydrogens is 351 g/mol. The van der Waals surface area contributed by atoms with Gasteiger partial charge in [-0.05, 0) is 36.4 Å². The van der Waals surface area contributed by atoms with Crippen molar-refractivity contribution in [3.63, 3.8) is 0 Å². The van der Waals surface area contributed by atoms with Crippen molar-refractivity contribution in [3.05, 3.63) is 52.4 Å². The Morgan fingerprint density at radius 1 is 1.00 bits per heavy atom. The maximum atomic E-state index is 12.9. The summed E-state index contributed by atoms with van der Waals surface area (Å²) in [5, 5.41) is 3.36. The molecule has 1 amide bonds. The molecule has 0 unspecified atom stereocenters. The lowest BCUT2D eigenvalue weighted by Crippen LogP contribution is -2.06. The van der Waals surface area contributed by atoms with E-state index in [2.05, 4.69) is 5.32 Å². The van der Waals surface area contributed by atoms with Crippen molar-refractivity contribution >= 4 is 44.5 Å². The molecule has 0 spiro atoms. The number of hydrogen-bond acceptors (Lipinski definition) is 4. The van der Waals surface area contributed by atoms with E-state index >= 15 is 0 Å². The molecule has 0 atom stereocenters. The Morgan fingerprint density at radius 2 is 1.77 bits per heavy atom. The number of nitrogens with one attached hydrogen (secondary N) is 1. The van der Waals surface area contributed by atoms with Gasteiger partial charge in [0.15, 0.2) is 5.58 Å². The van der Waals surface area contributed by atoms with Crippen LogP contribution in [0.5, 0.6) is 0 Å². The number of fused-ring (bicyclic) bond motifs is 5. The van der Waals surface area contributed by atoms with Crippen LogP contribution in [0.2, 0.25) is 0 Å². The third-order valence-corrected chi connectivity index (χ3v) is 3.97. The summed E-state index contributed by atoms with van der Waals surface area (Å²) >= 11 is 0. The highest BCUT2D eigenvalue weighted by Gasteiger charge is 2.31. The van der Waals surface area contributed by atoms with Gasteiger partial charge < -0.3 is 14.2 Å². The average Bonchev–Trinajstić information content (AvgIpc) is 2.92. The first kappa shape index (κ1) is 16.2. The van der Waals surface area contributed by atoms with Crippen LogP contribution in [0.1, 0.15) is 12.5 Å². The first-order chi connectivity index (χ1) is 12.2. The number of halogens is 3. The normalized spacial score (nSPS) is 12.2. The van der Waals surface area contributed by atoms with Crippen molar-refractivity contribution in [2.24, 2.45) is 0 Å². The molecule has 0 radical (unpaired) electrons. The zero-order valence-corrected chi connectivity index (χ0v) is 13.2. The second-order valence-electron chi connectivity index (χ2n) is 5.80. The fourth-order valence-corrected chi connectivity index (χ4v) is 2.89. The molecule has 5 nitrogen and oxygen atoms in total. The lowest BCUT2D eigenvalue weighted by atomic mass is 10.1. The number of carbonyl (C=O) groups is 1. The van der Waals surface area contributed by atoms with E-state index in [1.54, 1.807) is 18.2 Å². The number of amides is 1. The molecule has 0 aliphatic carbocycles. The average molecular weight is 361 g/mol. The van der Waals surface area contributed by atoms with Gasteiger partial charge in [0, 0.05) is 18.0 Å². The van der Waals surface area contributed by atoms with Crippen molar-refractivity contribution < 1.29 is 26.8 Å². The van der Waals surface area contributed by atoms with Crippen LogP contribution in [-0.2, 0) is 11.0 Å². The van der Waals surface area contributed by atoms with E-state index in [0.29, 0.717) is 16.7 Å². The van der Waals surface area contributed by atoms with Crippen LogP contribution < -0.4 is 10.9 Å². The quantitative estimate of drug-likeness (QED) is 0.500. The molecule has 2 aromatic carbocycles. The van der Waals surface area contributed by atoms with Crippen LogP contribution in [0.4, 0.5) is 18.9 Å². The zero-order chi connectivity index (χ0) is 18.6.